The van der Waals surface area contributed by atoms with E-state index in [-0.39, 0.29) is 0 Å². The Balaban J connectivity index is 1.57. The minimum absolute atomic E-state index is 0.365. The van der Waals surface area contributed by atoms with Crippen molar-refractivity contribution in [1.82, 2.24) is 25.3 Å². The topological polar surface area (TPSA) is 57.5 Å². The van der Waals surface area contributed by atoms with Gasteiger partial charge in [-0.25, -0.2) is 0 Å². The molecular weight excluding hydrogens is 396 g/mol. The third kappa shape index (κ3) is 5.35. The summed E-state index contributed by atoms with van der Waals surface area (Å²) in [6, 6.07) is 8.65. The number of likely N-dealkylation sites (tertiary alicyclic amines) is 1. The van der Waals surface area contributed by atoms with E-state index >= 15 is 0 Å². The SMILES string of the molecule is CN=C(NCCc1c(C)nn(C)c1C)NCC1CCCN(C)C1c1cccc(Cl)c1. The molecule has 1 aliphatic heterocycles. The Bertz CT molecular complexity index is 875. The summed E-state index contributed by atoms with van der Waals surface area (Å²) in [7, 11) is 6.04. The standard InChI is InChI=1S/C23H35ClN6/c1-16-21(17(2)30(5)28-16)11-12-26-23(25-3)27-15-19-9-7-13-29(4)22(19)18-8-6-10-20(24)14-18/h6,8,10,14,19,22H,7,9,11-13,15H2,1-5H3,(H2,25,26,27). The molecule has 2 heterocycles. The summed E-state index contributed by atoms with van der Waals surface area (Å²) in [5.74, 6) is 1.36. The highest BCUT2D eigenvalue weighted by Gasteiger charge is 2.30. The predicted octanol–water partition coefficient (Wildman–Crippen LogP) is 3.48. The summed E-state index contributed by atoms with van der Waals surface area (Å²) in [6.07, 6.45) is 3.34. The van der Waals surface area contributed by atoms with Crippen LogP contribution in [0.4, 0.5) is 0 Å². The average molecular weight is 431 g/mol. The lowest BCUT2D eigenvalue weighted by Gasteiger charge is -2.40. The molecule has 1 aromatic heterocycles. The van der Waals surface area contributed by atoms with Crippen molar-refractivity contribution in [2.24, 2.45) is 18.0 Å². The zero-order valence-corrected chi connectivity index (χ0v) is 19.6. The predicted molar refractivity (Wildman–Crippen MR) is 125 cm³/mol. The maximum Gasteiger partial charge on any atom is 0.190 e. The Morgan fingerprint density at radius 1 is 1.27 bits per heavy atom. The lowest BCUT2D eigenvalue weighted by Crippen LogP contribution is -2.45. The van der Waals surface area contributed by atoms with Gasteiger partial charge in [0, 0.05) is 43.9 Å². The molecule has 2 unspecified atom stereocenters. The summed E-state index contributed by atoms with van der Waals surface area (Å²) in [6.45, 7) is 7.02. The number of hydrogen-bond donors (Lipinski definition) is 2. The van der Waals surface area contributed by atoms with Crippen LogP contribution in [0.3, 0.4) is 0 Å². The van der Waals surface area contributed by atoms with Gasteiger partial charge in [-0.15, -0.1) is 0 Å². The van der Waals surface area contributed by atoms with Crippen LogP contribution < -0.4 is 10.6 Å². The first kappa shape index (κ1) is 22.6. The van der Waals surface area contributed by atoms with Crippen molar-refractivity contribution in [3.05, 3.63) is 51.8 Å². The first-order valence-electron chi connectivity index (χ1n) is 10.8. The molecule has 1 fully saturated rings. The number of rotatable bonds is 6. The number of halogens is 1. The zero-order chi connectivity index (χ0) is 21.7. The van der Waals surface area contributed by atoms with E-state index in [2.05, 4.69) is 58.7 Å². The number of nitrogens with zero attached hydrogens (tertiary/aromatic N) is 4. The number of nitrogens with one attached hydrogen (secondary N) is 2. The molecule has 1 aromatic carbocycles. The van der Waals surface area contributed by atoms with Crippen LogP contribution in [0.1, 0.15) is 41.4 Å². The molecule has 2 atom stereocenters. The van der Waals surface area contributed by atoms with Crippen molar-refractivity contribution >= 4 is 17.6 Å². The van der Waals surface area contributed by atoms with Gasteiger partial charge in [-0.2, -0.15) is 5.10 Å². The summed E-state index contributed by atoms with van der Waals surface area (Å²) in [5, 5.41) is 12.3. The third-order valence-electron chi connectivity index (χ3n) is 6.28. The minimum atomic E-state index is 0.365. The van der Waals surface area contributed by atoms with E-state index in [1.807, 2.05) is 30.9 Å². The summed E-state index contributed by atoms with van der Waals surface area (Å²) >= 11 is 6.27. The maximum absolute atomic E-state index is 6.27. The molecule has 2 aromatic rings. The number of aliphatic imine (C=N–C) groups is 1. The van der Waals surface area contributed by atoms with Crippen LogP contribution in [0.5, 0.6) is 0 Å². The molecule has 0 amide bonds. The Kier molecular flexibility index (Phi) is 7.78. The number of guanidine groups is 1. The molecule has 30 heavy (non-hydrogen) atoms. The van der Waals surface area contributed by atoms with E-state index in [0.717, 1.165) is 42.7 Å². The monoisotopic (exact) mass is 430 g/mol. The molecular formula is C23H35ClN6. The fourth-order valence-electron chi connectivity index (χ4n) is 4.62. The molecule has 6 nitrogen and oxygen atoms in total. The average Bonchev–Trinajstić information content (AvgIpc) is 2.96. The second kappa shape index (κ2) is 10.3. The van der Waals surface area contributed by atoms with E-state index in [1.54, 1.807) is 0 Å². The van der Waals surface area contributed by atoms with Gasteiger partial charge in [-0.3, -0.25) is 14.6 Å². The molecule has 0 bridgehead atoms. The second-order valence-corrected chi connectivity index (χ2v) is 8.72. The van der Waals surface area contributed by atoms with Crippen molar-refractivity contribution < 1.29 is 0 Å². The molecule has 0 aliphatic carbocycles. The van der Waals surface area contributed by atoms with Crippen molar-refractivity contribution in [2.75, 3.05) is 33.7 Å². The number of benzene rings is 1. The molecule has 0 radical (unpaired) electrons. The van der Waals surface area contributed by atoms with E-state index in [9.17, 15) is 0 Å². The van der Waals surface area contributed by atoms with Gasteiger partial charge in [-0.1, -0.05) is 23.7 Å². The van der Waals surface area contributed by atoms with Gasteiger partial charge in [0.1, 0.15) is 0 Å². The number of hydrogen-bond acceptors (Lipinski definition) is 3. The minimum Gasteiger partial charge on any atom is -0.356 e. The van der Waals surface area contributed by atoms with Crippen LogP contribution in [0.15, 0.2) is 29.3 Å². The van der Waals surface area contributed by atoms with E-state index < -0.39 is 0 Å². The quantitative estimate of drug-likeness (QED) is 0.544. The van der Waals surface area contributed by atoms with Crippen LogP contribution in [-0.4, -0.2) is 54.4 Å². The zero-order valence-electron chi connectivity index (χ0n) is 18.9. The molecule has 7 heteroatoms. The summed E-state index contributed by atoms with van der Waals surface area (Å²) in [4.78, 5) is 6.87. The van der Waals surface area contributed by atoms with Crippen LogP contribution in [0.2, 0.25) is 5.02 Å². The highest BCUT2D eigenvalue weighted by molar-refractivity contribution is 6.30. The smallest absolute Gasteiger partial charge is 0.190 e. The molecule has 2 N–H and O–H groups in total. The lowest BCUT2D eigenvalue weighted by molar-refractivity contribution is 0.122. The highest BCUT2D eigenvalue weighted by atomic mass is 35.5. The normalized spacial score (nSPS) is 20.4. The molecule has 1 aliphatic rings. The van der Waals surface area contributed by atoms with Gasteiger partial charge in [0.25, 0.3) is 0 Å². The fourth-order valence-corrected chi connectivity index (χ4v) is 4.82. The lowest BCUT2D eigenvalue weighted by atomic mass is 9.85. The van der Waals surface area contributed by atoms with Crippen LogP contribution in [0.25, 0.3) is 0 Å². The molecule has 0 saturated carbocycles. The van der Waals surface area contributed by atoms with Crippen LogP contribution >= 0.6 is 11.6 Å². The first-order valence-corrected chi connectivity index (χ1v) is 11.2. The molecule has 164 valence electrons. The van der Waals surface area contributed by atoms with Crippen molar-refractivity contribution in [2.45, 2.75) is 39.2 Å². The molecule has 0 spiro atoms. The van der Waals surface area contributed by atoms with Crippen molar-refractivity contribution in [3.8, 4) is 0 Å². The van der Waals surface area contributed by atoms with Gasteiger partial charge in [-0.05, 0) is 75.9 Å². The Morgan fingerprint density at radius 3 is 2.73 bits per heavy atom. The van der Waals surface area contributed by atoms with Crippen LogP contribution in [0, 0.1) is 19.8 Å². The first-order chi connectivity index (χ1) is 14.4. The summed E-state index contributed by atoms with van der Waals surface area (Å²) < 4.78 is 1.95. The highest BCUT2D eigenvalue weighted by Crippen LogP contribution is 2.35. The molecule has 3 rings (SSSR count). The maximum atomic E-state index is 6.27. The van der Waals surface area contributed by atoms with Gasteiger partial charge < -0.3 is 10.6 Å². The third-order valence-corrected chi connectivity index (χ3v) is 6.51. The van der Waals surface area contributed by atoms with Gasteiger partial charge in [0.2, 0.25) is 0 Å². The fraction of sp³-hybridized carbons (Fsp3) is 0.565. The van der Waals surface area contributed by atoms with Crippen molar-refractivity contribution in [3.63, 3.8) is 0 Å². The Hall–Kier alpha value is -2.05. The van der Waals surface area contributed by atoms with E-state index in [4.69, 9.17) is 11.6 Å². The second-order valence-electron chi connectivity index (χ2n) is 8.29. The number of aryl methyl sites for hydroxylation is 2. The van der Waals surface area contributed by atoms with Crippen molar-refractivity contribution in [1.29, 1.82) is 0 Å². The van der Waals surface area contributed by atoms with Gasteiger partial charge >= 0.3 is 0 Å². The number of aromatic nitrogens is 2. The Morgan fingerprint density at radius 2 is 2.07 bits per heavy atom. The van der Waals surface area contributed by atoms with E-state index in [1.165, 1.54) is 29.7 Å². The van der Waals surface area contributed by atoms with Gasteiger partial charge in [0.05, 0.1) is 5.69 Å². The number of piperidine rings is 1. The van der Waals surface area contributed by atoms with Gasteiger partial charge in [0.15, 0.2) is 5.96 Å². The van der Waals surface area contributed by atoms with Crippen LogP contribution in [-0.2, 0) is 13.5 Å². The molecule has 1 saturated heterocycles. The Labute approximate surface area is 185 Å². The largest absolute Gasteiger partial charge is 0.356 e. The summed E-state index contributed by atoms with van der Waals surface area (Å²) in [5.41, 5.74) is 4.94. The van der Waals surface area contributed by atoms with E-state index in [0.29, 0.717) is 12.0 Å².